The minimum Gasteiger partial charge on any atom is -0.481 e. The van der Waals surface area contributed by atoms with E-state index in [0.29, 0.717) is 23.0 Å². The summed E-state index contributed by atoms with van der Waals surface area (Å²) in [6.07, 6.45) is 3.75. The van der Waals surface area contributed by atoms with Crippen LogP contribution in [0.1, 0.15) is 24.8 Å². The van der Waals surface area contributed by atoms with Gasteiger partial charge in [-0.2, -0.15) is 0 Å². The van der Waals surface area contributed by atoms with Crippen molar-refractivity contribution in [2.24, 2.45) is 11.8 Å². The standard InChI is InChI=1S/C13H16ClNO2/c14-11-5-4-8(7-12(11)15)6-10(13(16)17)9-2-1-3-9/h4-5,7,9-10H,1-3,6,15H2,(H,16,17). The number of aliphatic carboxylic acids is 1. The van der Waals surface area contributed by atoms with Crippen molar-refractivity contribution in [2.75, 3.05) is 5.73 Å². The SMILES string of the molecule is Nc1cc(CC(C(=O)O)C2CCC2)ccc1Cl. The number of benzene rings is 1. The van der Waals surface area contributed by atoms with E-state index in [9.17, 15) is 9.90 Å². The van der Waals surface area contributed by atoms with E-state index in [1.807, 2.05) is 6.07 Å². The average molecular weight is 254 g/mol. The van der Waals surface area contributed by atoms with Gasteiger partial charge in [0.2, 0.25) is 0 Å². The summed E-state index contributed by atoms with van der Waals surface area (Å²) >= 11 is 5.84. The van der Waals surface area contributed by atoms with Crippen molar-refractivity contribution in [1.82, 2.24) is 0 Å². The summed E-state index contributed by atoms with van der Waals surface area (Å²) in [6.45, 7) is 0. The zero-order valence-corrected chi connectivity index (χ0v) is 10.3. The van der Waals surface area contributed by atoms with Gasteiger partial charge in [-0.1, -0.05) is 24.1 Å². The van der Waals surface area contributed by atoms with Gasteiger partial charge >= 0.3 is 5.97 Å². The highest BCUT2D eigenvalue weighted by Gasteiger charge is 2.32. The number of carbonyl (C=O) groups is 1. The molecule has 0 saturated heterocycles. The molecule has 1 aliphatic carbocycles. The van der Waals surface area contributed by atoms with Crippen LogP contribution in [0.5, 0.6) is 0 Å². The average Bonchev–Trinajstić information content (AvgIpc) is 2.19. The van der Waals surface area contributed by atoms with Gasteiger partial charge in [0.05, 0.1) is 16.6 Å². The van der Waals surface area contributed by atoms with Gasteiger partial charge in [-0.3, -0.25) is 4.79 Å². The number of nitrogen functional groups attached to an aromatic ring is 1. The van der Waals surface area contributed by atoms with Crippen LogP contribution in [0, 0.1) is 11.8 Å². The monoisotopic (exact) mass is 253 g/mol. The second kappa shape index (κ2) is 4.96. The molecule has 1 fully saturated rings. The lowest BCUT2D eigenvalue weighted by atomic mass is 9.73. The molecule has 3 nitrogen and oxygen atoms in total. The van der Waals surface area contributed by atoms with Crippen LogP contribution in [-0.2, 0) is 11.2 Å². The van der Waals surface area contributed by atoms with Gasteiger partial charge in [0.15, 0.2) is 0 Å². The van der Waals surface area contributed by atoms with Crippen molar-refractivity contribution in [2.45, 2.75) is 25.7 Å². The van der Waals surface area contributed by atoms with E-state index in [2.05, 4.69) is 0 Å². The Labute approximate surface area is 106 Å². The van der Waals surface area contributed by atoms with E-state index >= 15 is 0 Å². The number of carboxylic acid groups (broad SMARTS) is 1. The first-order chi connectivity index (χ1) is 8.08. The van der Waals surface area contributed by atoms with Crippen molar-refractivity contribution >= 4 is 23.3 Å². The highest BCUT2D eigenvalue weighted by atomic mass is 35.5. The first-order valence-electron chi connectivity index (χ1n) is 5.84. The third kappa shape index (κ3) is 2.72. The fourth-order valence-corrected chi connectivity index (χ4v) is 2.39. The van der Waals surface area contributed by atoms with Crippen LogP contribution in [0.3, 0.4) is 0 Å². The van der Waals surface area contributed by atoms with Crippen molar-refractivity contribution in [3.05, 3.63) is 28.8 Å². The normalized spacial score (nSPS) is 17.5. The highest BCUT2D eigenvalue weighted by molar-refractivity contribution is 6.33. The van der Waals surface area contributed by atoms with E-state index in [-0.39, 0.29) is 5.92 Å². The molecule has 1 atom stereocenters. The lowest BCUT2D eigenvalue weighted by Crippen LogP contribution is -2.30. The zero-order valence-electron chi connectivity index (χ0n) is 9.53. The molecule has 0 aliphatic heterocycles. The molecule has 0 amide bonds. The summed E-state index contributed by atoms with van der Waals surface area (Å²) in [4.78, 5) is 11.2. The number of anilines is 1. The van der Waals surface area contributed by atoms with Crippen LogP contribution < -0.4 is 5.73 Å². The number of hydrogen-bond donors (Lipinski definition) is 2. The highest BCUT2D eigenvalue weighted by Crippen LogP contribution is 2.35. The summed E-state index contributed by atoms with van der Waals surface area (Å²) in [5.74, 6) is -0.669. The summed E-state index contributed by atoms with van der Waals surface area (Å²) in [5, 5.41) is 9.75. The molecule has 17 heavy (non-hydrogen) atoms. The molecule has 92 valence electrons. The van der Waals surface area contributed by atoms with Crippen LogP contribution in [0.4, 0.5) is 5.69 Å². The lowest BCUT2D eigenvalue weighted by molar-refractivity contribution is -0.144. The smallest absolute Gasteiger partial charge is 0.307 e. The van der Waals surface area contributed by atoms with E-state index in [1.54, 1.807) is 12.1 Å². The molecule has 1 aromatic carbocycles. The third-order valence-electron chi connectivity index (χ3n) is 3.55. The van der Waals surface area contributed by atoms with Crippen LogP contribution in [0.15, 0.2) is 18.2 Å². The second-order valence-electron chi connectivity index (χ2n) is 4.70. The van der Waals surface area contributed by atoms with E-state index in [1.165, 1.54) is 0 Å². The Hall–Kier alpha value is -1.22. The molecule has 0 heterocycles. The summed E-state index contributed by atoms with van der Waals surface area (Å²) in [6, 6.07) is 5.36. The molecular formula is C13H16ClNO2. The van der Waals surface area contributed by atoms with Crippen molar-refractivity contribution in [3.63, 3.8) is 0 Å². The quantitative estimate of drug-likeness (QED) is 0.811. The van der Waals surface area contributed by atoms with E-state index in [4.69, 9.17) is 17.3 Å². The molecule has 0 aromatic heterocycles. The van der Waals surface area contributed by atoms with Gasteiger partial charge in [0.1, 0.15) is 0 Å². The summed E-state index contributed by atoms with van der Waals surface area (Å²) in [5.41, 5.74) is 7.18. The first kappa shape index (κ1) is 12.2. The molecule has 4 heteroatoms. The predicted octanol–water partition coefficient (Wildman–Crippen LogP) is 2.97. The third-order valence-corrected chi connectivity index (χ3v) is 3.90. The number of hydrogen-bond acceptors (Lipinski definition) is 2. The van der Waals surface area contributed by atoms with E-state index in [0.717, 1.165) is 24.8 Å². The molecule has 0 radical (unpaired) electrons. The zero-order chi connectivity index (χ0) is 12.4. The molecule has 1 aliphatic rings. The molecule has 1 saturated carbocycles. The first-order valence-corrected chi connectivity index (χ1v) is 6.22. The fraction of sp³-hybridized carbons (Fsp3) is 0.462. The van der Waals surface area contributed by atoms with Gasteiger partial charge in [-0.05, 0) is 42.9 Å². The fourth-order valence-electron chi connectivity index (χ4n) is 2.27. The Morgan fingerprint density at radius 3 is 2.71 bits per heavy atom. The Bertz CT molecular complexity index is 429. The number of carboxylic acids is 1. The maximum absolute atomic E-state index is 11.2. The van der Waals surface area contributed by atoms with Gasteiger partial charge in [0, 0.05) is 0 Å². The van der Waals surface area contributed by atoms with Crippen LogP contribution >= 0.6 is 11.6 Å². The minimum absolute atomic E-state index is 0.288. The van der Waals surface area contributed by atoms with E-state index < -0.39 is 5.97 Å². The Morgan fingerprint density at radius 2 is 2.24 bits per heavy atom. The summed E-state index contributed by atoms with van der Waals surface area (Å²) in [7, 11) is 0. The maximum atomic E-state index is 11.2. The molecule has 1 aromatic rings. The van der Waals surface area contributed by atoms with Crippen LogP contribution in [-0.4, -0.2) is 11.1 Å². The largest absolute Gasteiger partial charge is 0.481 e. The van der Waals surface area contributed by atoms with Gasteiger partial charge < -0.3 is 10.8 Å². The minimum atomic E-state index is -0.705. The molecule has 0 bridgehead atoms. The molecular weight excluding hydrogens is 238 g/mol. The maximum Gasteiger partial charge on any atom is 0.307 e. The predicted molar refractivity (Wildman–Crippen MR) is 68.0 cm³/mol. The van der Waals surface area contributed by atoms with Crippen molar-refractivity contribution < 1.29 is 9.90 Å². The number of halogens is 1. The van der Waals surface area contributed by atoms with Crippen molar-refractivity contribution in [1.29, 1.82) is 0 Å². The molecule has 3 N–H and O–H groups in total. The van der Waals surface area contributed by atoms with Crippen LogP contribution in [0.2, 0.25) is 5.02 Å². The van der Waals surface area contributed by atoms with Crippen LogP contribution in [0.25, 0.3) is 0 Å². The lowest BCUT2D eigenvalue weighted by Gasteiger charge is -2.31. The summed E-state index contributed by atoms with van der Waals surface area (Å²) < 4.78 is 0. The Balaban J connectivity index is 2.11. The van der Waals surface area contributed by atoms with Crippen molar-refractivity contribution in [3.8, 4) is 0 Å². The second-order valence-corrected chi connectivity index (χ2v) is 5.10. The Kier molecular flexibility index (Phi) is 3.57. The van der Waals surface area contributed by atoms with Gasteiger partial charge in [0.25, 0.3) is 0 Å². The molecule has 1 unspecified atom stereocenters. The Morgan fingerprint density at radius 1 is 1.53 bits per heavy atom. The molecule has 0 spiro atoms. The van der Waals surface area contributed by atoms with Gasteiger partial charge in [-0.25, -0.2) is 0 Å². The number of nitrogens with two attached hydrogens (primary N) is 1. The number of rotatable bonds is 4. The molecule has 2 rings (SSSR count). The topological polar surface area (TPSA) is 63.3 Å². The van der Waals surface area contributed by atoms with Gasteiger partial charge in [-0.15, -0.1) is 0 Å².